The Morgan fingerprint density at radius 3 is 2.67 bits per heavy atom. The predicted octanol–water partition coefficient (Wildman–Crippen LogP) is 8.02. The Morgan fingerprint density at radius 2 is 1.95 bits per heavy atom. The fourth-order valence-corrected chi connectivity index (χ4v) is 5.73. The lowest BCUT2D eigenvalue weighted by Crippen LogP contribution is -2.30. The molecule has 1 heterocycles. The minimum Gasteiger partial charge on any atom is -0.493 e. The van der Waals surface area contributed by atoms with E-state index in [-0.39, 0.29) is 11.5 Å². The van der Waals surface area contributed by atoms with Gasteiger partial charge in [-0.25, -0.2) is 9.78 Å². The van der Waals surface area contributed by atoms with Crippen molar-refractivity contribution in [3.63, 3.8) is 0 Å². The monoisotopic (exact) mass is 585 g/mol. The molecule has 2 aromatic carbocycles. The smallest absolute Gasteiger partial charge is 0.339 e. The summed E-state index contributed by atoms with van der Waals surface area (Å²) in [6.07, 6.45) is 11.2. The number of hydrogen-bond acceptors (Lipinski definition) is 4. The number of H-pyrrole nitrogens is 1. The Balaban J connectivity index is 1.56. The van der Waals surface area contributed by atoms with E-state index in [4.69, 9.17) is 27.9 Å². The molecule has 0 saturated heterocycles. The number of carbonyl (C=O) groups is 2. The van der Waals surface area contributed by atoms with Crippen molar-refractivity contribution in [2.75, 3.05) is 6.61 Å². The Bertz CT molecular complexity index is 1300. The van der Waals surface area contributed by atoms with Gasteiger partial charge < -0.3 is 20.1 Å². The number of nitrogens with zero attached hydrogens (tertiary/aromatic N) is 1. The molecule has 1 aliphatic carbocycles. The van der Waals surface area contributed by atoms with Crippen LogP contribution in [0.15, 0.2) is 42.6 Å². The van der Waals surface area contributed by atoms with E-state index in [1.54, 1.807) is 30.5 Å². The van der Waals surface area contributed by atoms with Crippen LogP contribution < -0.4 is 10.1 Å². The Hall–Kier alpha value is -3.03. The molecule has 3 aromatic rings. The fraction of sp³-hybridized carbons (Fsp3) is 0.452. The first-order chi connectivity index (χ1) is 19.3. The van der Waals surface area contributed by atoms with Crippen molar-refractivity contribution in [3.05, 3.63) is 69.6 Å². The SMILES string of the molecule is CCCCOc1ccc(C(Cc2ncc(-c3ccc(Cl)cc3Cl)[nH]2)NC(=O)CCC2CCCCC2)cc1C(=O)O. The number of amides is 1. The Kier molecular flexibility index (Phi) is 10.9. The van der Waals surface area contributed by atoms with E-state index in [9.17, 15) is 14.7 Å². The van der Waals surface area contributed by atoms with Crippen molar-refractivity contribution in [2.45, 2.75) is 77.2 Å². The number of hydrogen-bond donors (Lipinski definition) is 3. The minimum atomic E-state index is -1.08. The van der Waals surface area contributed by atoms with Crippen LogP contribution in [-0.4, -0.2) is 33.6 Å². The van der Waals surface area contributed by atoms with Gasteiger partial charge in [0.15, 0.2) is 0 Å². The fourth-order valence-electron chi connectivity index (χ4n) is 5.22. The third kappa shape index (κ3) is 8.24. The molecule has 1 atom stereocenters. The van der Waals surface area contributed by atoms with Gasteiger partial charge in [-0.15, -0.1) is 0 Å². The number of aromatic nitrogens is 2. The number of rotatable bonds is 13. The molecule has 0 radical (unpaired) electrons. The van der Waals surface area contributed by atoms with Crippen molar-refractivity contribution in [2.24, 2.45) is 5.92 Å². The number of imidazole rings is 1. The van der Waals surface area contributed by atoms with Gasteiger partial charge in [0.2, 0.25) is 5.91 Å². The standard InChI is InChI=1S/C31H37Cl2N3O4/c1-2-3-15-40-28-13-10-21(16-24(28)31(38)39)26(36-30(37)14-9-20-7-5-4-6-8-20)18-29-34-19-27(35-29)23-12-11-22(32)17-25(23)33/h10-13,16-17,19-20,26H,2-9,14-15,18H2,1H3,(H,34,35)(H,36,37)(H,38,39). The van der Waals surface area contributed by atoms with E-state index in [2.05, 4.69) is 15.3 Å². The number of aromatic amines is 1. The lowest BCUT2D eigenvalue weighted by atomic mass is 9.86. The van der Waals surface area contributed by atoms with Gasteiger partial charge in [-0.05, 0) is 54.7 Å². The molecule has 0 aliphatic heterocycles. The molecule has 7 nitrogen and oxygen atoms in total. The molecule has 0 bridgehead atoms. The molecule has 1 unspecified atom stereocenters. The summed E-state index contributed by atoms with van der Waals surface area (Å²) in [6.45, 7) is 2.49. The number of carboxylic acid groups (broad SMARTS) is 1. The first-order valence-electron chi connectivity index (χ1n) is 14.1. The number of nitrogens with one attached hydrogen (secondary N) is 2. The van der Waals surface area contributed by atoms with Gasteiger partial charge in [-0.3, -0.25) is 4.79 Å². The number of halogens is 2. The van der Waals surface area contributed by atoms with E-state index in [1.807, 2.05) is 19.1 Å². The minimum absolute atomic E-state index is 0.0525. The Morgan fingerprint density at radius 1 is 1.15 bits per heavy atom. The zero-order valence-electron chi connectivity index (χ0n) is 22.8. The highest BCUT2D eigenvalue weighted by Crippen LogP contribution is 2.31. The average molecular weight is 587 g/mol. The van der Waals surface area contributed by atoms with E-state index in [0.717, 1.165) is 30.5 Å². The zero-order chi connectivity index (χ0) is 28.5. The van der Waals surface area contributed by atoms with Crippen LogP contribution >= 0.6 is 23.2 Å². The number of benzene rings is 2. The molecular formula is C31H37Cl2N3O4. The third-order valence-corrected chi connectivity index (χ3v) is 8.03. The van der Waals surface area contributed by atoms with E-state index in [0.29, 0.717) is 52.5 Å². The first-order valence-corrected chi connectivity index (χ1v) is 14.9. The van der Waals surface area contributed by atoms with Gasteiger partial charge in [0.1, 0.15) is 17.1 Å². The molecule has 3 N–H and O–H groups in total. The number of carbonyl (C=O) groups excluding carboxylic acids is 1. The second-order valence-corrected chi connectivity index (χ2v) is 11.3. The quantitative estimate of drug-likeness (QED) is 0.176. The first kappa shape index (κ1) is 29.9. The van der Waals surface area contributed by atoms with Crippen LogP contribution in [-0.2, 0) is 11.2 Å². The van der Waals surface area contributed by atoms with Gasteiger partial charge in [0, 0.05) is 23.4 Å². The second-order valence-electron chi connectivity index (χ2n) is 10.5. The summed E-state index contributed by atoms with van der Waals surface area (Å²) < 4.78 is 5.74. The van der Waals surface area contributed by atoms with Gasteiger partial charge >= 0.3 is 5.97 Å². The van der Waals surface area contributed by atoms with E-state index >= 15 is 0 Å². The molecule has 40 heavy (non-hydrogen) atoms. The van der Waals surface area contributed by atoms with Crippen molar-refractivity contribution in [1.82, 2.24) is 15.3 Å². The van der Waals surface area contributed by atoms with Gasteiger partial charge in [0.05, 0.1) is 29.6 Å². The van der Waals surface area contributed by atoms with Crippen LogP contribution in [0.5, 0.6) is 5.75 Å². The van der Waals surface area contributed by atoms with Crippen LogP contribution in [0.3, 0.4) is 0 Å². The number of unbranched alkanes of at least 4 members (excludes halogenated alkanes) is 1. The summed E-state index contributed by atoms with van der Waals surface area (Å²) >= 11 is 12.4. The molecule has 1 fully saturated rings. The summed E-state index contributed by atoms with van der Waals surface area (Å²) in [7, 11) is 0. The predicted molar refractivity (Wildman–Crippen MR) is 158 cm³/mol. The molecule has 214 valence electrons. The van der Waals surface area contributed by atoms with Gasteiger partial charge in [-0.1, -0.05) is 74.7 Å². The maximum atomic E-state index is 13.1. The summed E-state index contributed by atoms with van der Waals surface area (Å²) in [6, 6.07) is 9.86. The summed E-state index contributed by atoms with van der Waals surface area (Å²) in [5, 5.41) is 14.1. The van der Waals surface area contributed by atoms with Crippen LogP contribution in [0.2, 0.25) is 10.0 Å². The van der Waals surface area contributed by atoms with Crippen molar-refractivity contribution >= 4 is 35.1 Å². The average Bonchev–Trinajstić information content (AvgIpc) is 3.40. The number of aromatic carboxylic acids is 1. The van der Waals surface area contributed by atoms with Crippen molar-refractivity contribution in [1.29, 1.82) is 0 Å². The molecular weight excluding hydrogens is 549 g/mol. The molecule has 1 amide bonds. The Labute approximate surface area is 245 Å². The van der Waals surface area contributed by atoms with E-state index < -0.39 is 12.0 Å². The van der Waals surface area contributed by atoms with Crippen LogP contribution in [0.4, 0.5) is 0 Å². The summed E-state index contributed by atoms with van der Waals surface area (Å²) in [4.78, 5) is 33.0. The highest BCUT2D eigenvalue weighted by molar-refractivity contribution is 6.36. The molecule has 4 rings (SSSR count). The van der Waals surface area contributed by atoms with Gasteiger partial charge in [0.25, 0.3) is 0 Å². The van der Waals surface area contributed by atoms with E-state index in [1.165, 1.54) is 32.1 Å². The molecule has 1 saturated carbocycles. The van der Waals surface area contributed by atoms with Crippen LogP contribution in [0, 0.1) is 5.92 Å². The maximum absolute atomic E-state index is 13.1. The second kappa shape index (κ2) is 14.6. The van der Waals surface area contributed by atoms with Crippen LogP contribution in [0.25, 0.3) is 11.3 Å². The molecule has 1 aromatic heterocycles. The highest BCUT2D eigenvalue weighted by atomic mass is 35.5. The highest BCUT2D eigenvalue weighted by Gasteiger charge is 2.22. The summed E-state index contributed by atoms with van der Waals surface area (Å²) in [5.74, 6) is 0.424. The van der Waals surface area contributed by atoms with Crippen molar-refractivity contribution < 1.29 is 19.4 Å². The molecule has 0 spiro atoms. The van der Waals surface area contributed by atoms with Crippen molar-refractivity contribution in [3.8, 4) is 17.0 Å². The zero-order valence-corrected chi connectivity index (χ0v) is 24.4. The maximum Gasteiger partial charge on any atom is 0.339 e. The molecule has 9 heteroatoms. The van der Waals surface area contributed by atoms with Gasteiger partial charge in [-0.2, -0.15) is 0 Å². The largest absolute Gasteiger partial charge is 0.493 e. The molecule has 1 aliphatic rings. The van der Waals surface area contributed by atoms with Crippen LogP contribution in [0.1, 0.15) is 92.5 Å². The third-order valence-electron chi connectivity index (χ3n) is 7.48. The summed E-state index contributed by atoms with van der Waals surface area (Å²) in [5.41, 5.74) is 2.24. The number of carboxylic acids is 1. The lowest BCUT2D eigenvalue weighted by Gasteiger charge is -2.23. The number of ether oxygens (including phenoxy) is 1. The normalized spacial score (nSPS) is 14.6. The lowest BCUT2D eigenvalue weighted by molar-refractivity contribution is -0.122. The topological polar surface area (TPSA) is 104 Å².